The van der Waals surface area contributed by atoms with Crippen molar-refractivity contribution in [2.24, 2.45) is 5.92 Å². The number of carbonyl (C=O) groups is 1. The van der Waals surface area contributed by atoms with Gasteiger partial charge in [-0.2, -0.15) is 0 Å². The number of nitrogens with zero attached hydrogens (tertiary/aromatic N) is 2. The molecule has 0 bridgehead atoms. The minimum Gasteiger partial charge on any atom is -0.399 e. The zero-order chi connectivity index (χ0) is 15.7. The molecule has 2 aromatic rings. The number of nitrogen functional groups attached to an aromatic ring is 1. The third-order valence-electron chi connectivity index (χ3n) is 4.07. The molecule has 0 aliphatic carbocycles. The fourth-order valence-electron chi connectivity index (χ4n) is 3.02. The highest BCUT2D eigenvalue weighted by molar-refractivity contribution is 6.08. The third-order valence-corrected chi connectivity index (χ3v) is 4.07. The van der Waals surface area contributed by atoms with Crippen LogP contribution in [0.2, 0.25) is 0 Å². The standard InChI is InChI=1S/C18H21N3O/c1-13-11-20(2)16-5-3-4-6-17(16)21(12-13)18(22)14-7-9-15(19)10-8-14/h3-10,13H,11-12,19H2,1-2H3. The van der Waals surface area contributed by atoms with Gasteiger partial charge in [-0.3, -0.25) is 4.79 Å². The Kier molecular flexibility index (Phi) is 3.75. The molecule has 0 aromatic heterocycles. The number of benzene rings is 2. The predicted octanol–water partition coefficient (Wildman–Crippen LogP) is 3.00. The Balaban J connectivity index is 2.02. The van der Waals surface area contributed by atoms with Gasteiger partial charge in [-0.05, 0) is 42.3 Å². The van der Waals surface area contributed by atoms with Crippen molar-refractivity contribution in [2.45, 2.75) is 6.92 Å². The van der Waals surface area contributed by atoms with Crippen molar-refractivity contribution in [1.29, 1.82) is 0 Å². The van der Waals surface area contributed by atoms with E-state index >= 15 is 0 Å². The van der Waals surface area contributed by atoms with E-state index in [0.717, 1.165) is 17.9 Å². The van der Waals surface area contributed by atoms with Gasteiger partial charge in [0.1, 0.15) is 0 Å². The summed E-state index contributed by atoms with van der Waals surface area (Å²) in [5.41, 5.74) is 9.11. The molecular weight excluding hydrogens is 274 g/mol. The maximum absolute atomic E-state index is 12.9. The smallest absolute Gasteiger partial charge is 0.258 e. The number of carbonyl (C=O) groups excluding carboxylic acids is 1. The van der Waals surface area contributed by atoms with Crippen LogP contribution in [0.5, 0.6) is 0 Å². The van der Waals surface area contributed by atoms with Gasteiger partial charge in [-0.25, -0.2) is 0 Å². The number of nitrogens with two attached hydrogens (primary N) is 1. The van der Waals surface area contributed by atoms with E-state index in [-0.39, 0.29) is 5.91 Å². The molecule has 1 aliphatic heterocycles. The lowest BCUT2D eigenvalue weighted by atomic mass is 10.1. The molecule has 4 heteroatoms. The molecule has 0 saturated carbocycles. The molecule has 2 N–H and O–H groups in total. The summed E-state index contributed by atoms with van der Waals surface area (Å²) in [5.74, 6) is 0.421. The first kappa shape index (κ1) is 14.4. The van der Waals surface area contributed by atoms with E-state index in [9.17, 15) is 4.79 Å². The van der Waals surface area contributed by atoms with Crippen molar-refractivity contribution < 1.29 is 4.79 Å². The van der Waals surface area contributed by atoms with E-state index < -0.39 is 0 Å². The number of hydrogen-bond acceptors (Lipinski definition) is 3. The van der Waals surface area contributed by atoms with Crippen LogP contribution in [0.1, 0.15) is 17.3 Å². The van der Waals surface area contributed by atoms with Crippen LogP contribution in [0.3, 0.4) is 0 Å². The van der Waals surface area contributed by atoms with Crippen LogP contribution in [-0.4, -0.2) is 26.0 Å². The molecule has 1 amide bonds. The van der Waals surface area contributed by atoms with Crippen molar-refractivity contribution in [2.75, 3.05) is 35.7 Å². The molecule has 0 fully saturated rings. The van der Waals surface area contributed by atoms with Crippen molar-refractivity contribution in [1.82, 2.24) is 0 Å². The Morgan fingerprint density at radius 2 is 1.68 bits per heavy atom. The molecule has 22 heavy (non-hydrogen) atoms. The monoisotopic (exact) mass is 295 g/mol. The van der Waals surface area contributed by atoms with Crippen molar-refractivity contribution >= 4 is 23.0 Å². The van der Waals surface area contributed by atoms with Crippen LogP contribution < -0.4 is 15.5 Å². The molecule has 0 radical (unpaired) electrons. The van der Waals surface area contributed by atoms with E-state index in [4.69, 9.17) is 5.73 Å². The molecule has 2 aromatic carbocycles. The molecule has 1 atom stereocenters. The summed E-state index contributed by atoms with van der Waals surface area (Å²) in [6, 6.07) is 15.2. The van der Waals surface area contributed by atoms with Gasteiger partial charge in [-0.1, -0.05) is 19.1 Å². The minimum absolute atomic E-state index is 0.0228. The average Bonchev–Trinajstić information content (AvgIpc) is 2.64. The molecule has 4 nitrogen and oxygen atoms in total. The van der Waals surface area contributed by atoms with Crippen LogP contribution in [0.25, 0.3) is 0 Å². The molecule has 0 saturated heterocycles. The Labute approximate surface area is 131 Å². The average molecular weight is 295 g/mol. The lowest BCUT2D eigenvalue weighted by molar-refractivity contribution is 0.0984. The Bertz CT molecular complexity index is 681. The lowest BCUT2D eigenvalue weighted by Gasteiger charge is -2.24. The quantitative estimate of drug-likeness (QED) is 0.823. The maximum atomic E-state index is 12.9. The molecule has 3 rings (SSSR count). The SMILES string of the molecule is CC1CN(C)c2ccccc2N(C(=O)c2ccc(N)cc2)C1. The molecule has 1 aliphatic rings. The summed E-state index contributed by atoms with van der Waals surface area (Å²) in [6.07, 6.45) is 0. The first-order valence-electron chi connectivity index (χ1n) is 7.54. The number of fused-ring (bicyclic) bond motifs is 1. The van der Waals surface area contributed by atoms with Crippen LogP contribution >= 0.6 is 0 Å². The fourth-order valence-corrected chi connectivity index (χ4v) is 3.02. The van der Waals surface area contributed by atoms with Gasteiger partial charge in [0, 0.05) is 31.4 Å². The van der Waals surface area contributed by atoms with E-state index in [2.05, 4.69) is 24.9 Å². The van der Waals surface area contributed by atoms with Gasteiger partial charge in [0.05, 0.1) is 11.4 Å². The van der Waals surface area contributed by atoms with Crippen LogP contribution in [0, 0.1) is 5.92 Å². The lowest BCUT2D eigenvalue weighted by Crippen LogP contribution is -2.34. The highest BCUT2D eigenvalue weighted by Gasteiger charge is 2.27. The molecular formula is C18H21N3O. The summed E-state index contributed by atoms with van der Waals surface area (Å²) >= 11 is 0. The summed E-state index contributed by atoms with van der Waals surface area (Å²) in [6.45, 7) is 3.82. The second kappa shape index (κ2) is 5.72. The van der Waals surface area contributed by atoms with Crippen molar-refractivity contribution in [3.63, 3.8) is 0 Å². The topological polar surface area (TPSA) is 49.6 Å². The first-order valence-corrected chi connectivity index (χ1v) is 7.54. The largest absolute Gasteiger partial charge is 0.399 e. The number of amides is 1. The zero-order valence-electron chi connectivity index (χ0n) is 13.0. The summed E-state index contributed by atoms with van der Waals surface area (Å²) in [5, 5.41) is 0. The van der Waals surface area contributed by atoms with E-state index in [1.165, 1.54) is 0 Å². The number of anilines is 3. The Morgan fingerprint density at radius 3 is 2.36 bits per heavy atom. The maximum Gasteiger partial charge on any atom is 0.258 e. The molecule has 0 spiro atoms. The van der Waals surface area contributed by atoms with E-state index in [1.807, 2.05) is 23.1 Å². The summed E-state index contributed by atoms with van der Waals surface area (Å²) in [7, 11) is 2.08. The summed E-state index contributed by atoms with van der Waals surface area (Å²) < 4.78 is 0. The minimum atomic E-state index is 0.0228. The molecule has 1 unspecified atom stereocenters. The van der Waals surface area contributed by atoms with Gasteiger partial charge in [0.2, 0.25) is 0 Å². The number of hydrogen-bond donors (Lipinski definition) is 1. The van der Waals surface area contributed by atoms with Gasteiger partial charge in [0.25, 0.3) is 5.91 Å². The van der Waals surface area contributed by atoms with Gasteiger partial charge >= 0.3 is 0 Å². The first-order chi connectivity index (χ1) is 10.6. The van der Waals surface area contributed by atoms with E-state index in [1.54, 1.807) is 24.3 Å². The number of rotatable bonds is 1. The highest BCUT2D eigenvalue weighted by Crippen LogP contribution is 2.33. The number of para-hydroxylation sites is 2. The highest BCUT2D eigenvalue weighted by atomic mass is 16.2. The zero-order valence-corrected chi connectivity index (χ0v) is 13.0. The predicted molar refractivity (Wildman–Crippen MR) is 91.4 cm³/mol. The van der Waals surface area contributed by atoms with Crippen molar-refractivity contribution in [3.8, 4) is 0 Å². The Hall–Kier alpha value is -2.49. The summed E-state index contributed by atoms with van der Waals surface area (Å²) in [4.78, 5) is 17.0. The normalized spacial score (nSPS) is 17.8. The third kappa shape index (κ3) is 2.64. The van der Waals surface area contributed by atoms with E-state index in [0.29, 0.717) is 23.7 Å². The van der Waals surface area contributed by atoms with Crippen LogP contribution in [-0.2, 0) is 0 Å². The second-order valence-electron chi connectivity index (χ2n) is 6.01. The fraction of sp³-hybridized carbons (Fsp3) is 0.278. The van der Waals surface area contributed by atoms with Crippen LogP contribution in [0.4, 0.5) is 17.1 Å². The Morgan fingerprint density at radius 1 is 1.05 bits per heavy atom. The molecule has 114 valence electrons. The molecule has 1 heterocycles. The van der Waals surface area contributed by atoms with Gasteiger partial charge in [-0.15, -0.1) is 0 Å². The second-order valence-corrected chi connectivity index (χ2v) is 6.01. The van der Waals surface area contributed by atoms with Crippen LogP contribution in [0.15, 0.2) is 48.5 Å². The van der Waals surface area contributed by atoms with Gasteiger partial charge in [0.15, 0.2) is 0 Å². The van der Waals surface area contributed by atoms with Gasteiger partial charge < -0.3 is 15.5 Å². The van der Waals surface area contributed by atoms with Crippen molar-refractivity contribution in [3.05, 3.63) is 54.1 Å².